The Kier molecular flexibility index (Phi) is 5.86. The van der Waals surface area contributed by atoms with Gasteiger partial charge in [-0.3, -0.25) is 0 Å². The molecule has 5 heteroatoms. The summed E-state index contributed by atoms with van der Waals surface area (Å²) in [5.74, 6) is 1.16. The Labute approximate surface area is 135 Å². The number of benzene rings is 2. The summed E-state index contributed by atoms with van der Waals surface area (Å²) in [6.07, 6.45) is 1.70. The first-order valence-electron chi connectivity index (χ1n) is 7.31. The monoisotopic (exact) mass is 316 g/mol. The van der Waals surface area contributed by atoms with E-state index in [2.05, 4.69) is 0 Å². The summed E-state index contributed by atoms with van der Waals surface area (Å²) >= 11 is 0. The fraction of sp³-hybridized carbons (Fsp3) is 0.278. The lowest BCUT2D eigenvalue weighted by atomic mass is 10.1. The lowest BCUT2D eigenvalue weighted by Gasteiger charge is -2.10. The smallest absolute Gasteiger partial charge is 0.335 e. The van der Waals surface area contributed by atoms with Crippen molar-refractivity contribution in [2.24, 2.45) is 0 Å². The topological polar surface area (TPSA) is 65.0 Å². The van der Waals surface area contributed by atoms with Crippen LogP contribution in [0.3, 0.4) is 0 Å². The highest BCUT2D eigenvalue weighted by atomic mass is 16.5. The van der Waals surface area contributed by atoms with Gasteiger partial charge >= 0.3 is 5.97 Å². The van der Waals surface area contributed by atoms with Gasteiger partial charge in [0.1, 0.15) is 5.75 Å². The summed E-state index contributed by atoms with van der Waals surface area (Å²) in [7, 11) is 3.23. The molecule has 0 aliphatic carbocycles. The lowest BCUT2D eigenvalue weighted by molar-refractivity contribution is 0.0697. The van der Waals surface area contributed by atoms with Crippen molar-refractivity contribution in [1.82, 2.24) is 0 Å². The standard InChI is InChI=1S/C18H20O5/c1-21-16-10-5-13(12-17(16)22-2)4-3-11-23-15-8-6-14(7-9-15)18(19)20/h5-10,12H,3-4,11H2,1-2H3,(H,19,20). The number of carboxylic acids is 1. The van der Waals surface area contributed by atoms with E-state index in [1.165, 1.54) is 12.1 Å². The van der Waals surface area contributed by atoms with Crippen LogP contribution in [0.4, 0.5) is 0 Å². The van der Waals surface area contributed by atoms with Crippen LogP contribution in [0.25, 0.3) is 0 Å². The fourth-order valence-electron chi connectivity index (χ4n) is 2.20. The van der Waals surface area contributed by atoms with Crippen molar-refractivity contribution in [2.45, 2.75) is 12.8 Å². The molecule has 0 aliphatic heterocycles. The van der Waals surface area contributed by atoms with Gasteiger partial charge in [0.25, 0.3) is 0 Å². The molecule has 0 radical (unpaired) electrons. The summed E-state index contributed by atoms with van der Waals surface area (Å²) in [5, 5.41) is 8.84. The second-order valence-electron chi connectivity index (χ2n) is 4.97. The predicted molar refractivity (Wildman–Crippen MR) is 86.8 cm³/mol. The molecule has 0 saturated carbocycles. The van der Waals surface area contributed by atoms with E-state index in [1.54, 1.807) is 26.4 Å². The molecule has 5 nitrogen and oxygen atoms in total. The van der Waals surface area contributed by atoms with Crippen LogP contribution in [0.15, 0.2) is 42.5 Å². The van der Waals surface area contributed by atoms with Gasteiger partial charge in [-0.1, -0.05) is 6.07 Å². The number of rotatable bonds is 8. The van der Waals surface area contributed by atoms with Crippen LogP contribution in [0.1, 0.15) is 22.3 Å². The molecule has 122 valence electrons. The number of ether oxygens (including phenoxy) is 3. The number of hydrogen-bond donors (Lipinski definition) is 1. The second-order valence-corrected chi connectivity index (χ2v) is 4.97. The number of methoxy groups -OCH3 is 2. The van der Waals surface area contributed by atoms with E-state index in [4.69, 9.17) is 19.3 Å². The van der Waals surface area contributed by atoms with Gasteiger partial charge in [-0.05, 0) is 54.8 Å². The van der Waals surface area contributed by atoms with Crippen LogP contribution in [0.2, 0.25) is 0 Å². The second kappa shape index (κ2) is 8.08. The van der Waals surface area contributed by atoms with Crippen LogP contribution in [-0.2, 0) is 6.42 Å². The number of aryl methyl sites for hydroxylation is 1. The van der Waals surface area contributed by atoms with Crippen LogP contribution in [-0.4, -0.2) is 31.9 Å². The third-order valence-electron chi connectivity index (χ3n) is 3.43. The summed E-state index contributed by atoms with van der Waals surface area (Å²) in [5.41, 5.74) is 1.40. The molecule has 0 bridgehead atoms. The maximum atomic E-state index is 10.8. The molecule has 0 amide bonds. The minimum atomic E-state index is -0.940. The third-order valence-corrected chi connectivity index (χ3v) is 3.43. The molecule has 0 spiro atoms. The number of hydrogen-bond acceptors (Lipinski definition) is 4. The Morgan fingerprint density at radius 2 is 1.70 bits per heavy atom. The maximum absolute atomic E-state index is 10.8. The van der Waals surface area contributed by atoms with Crippen LogP contribution < -0.4 is 14.2 Å². The van der Waals surface area contributed by atoms with Crippen LogP contribution >= 0.6 is 0 Å². The molecular weight excluding hydrogens is 296 g/mol. The van der Waals surface area contributed by atoms with Gasteiger partial charge < -0.3 is 19.3 Å². The van der Waals surface area contributed by atoms with E-state index in [-0.39, 0.29) is 5.56 Å². The molecular formula is C18H20O5. The average Bonchev–Trinajstić information content (AvgIpc) is 2.58. The van der Waals surface area contributed by atoms with Gasteiger partial charge in [0.2, 0.25) is 0 Å². The molecule has 0 aliphatic rings. The number of carboxylic acid groups (broad SMARTS) is 1. The minimum absolute atomic E-state index is 0.252. The van der Waals surface area contributed by atoms with Gasteiger partial charge in [0.05, 0.1) is 26.4 Å². The maximum Gasteiger partial charge on any atom is 0.335 e. The van der Waals surface area contributed by atoms with Gasteiger partial charge in [-0.2, -0.15) is 0 Å². The van der Waals surface area contributed by atoms with E-state index in [0.717, 1.165) is 24.2 Å². The largest absolute Gasteiger partial charge is 0.494 e. The number of carbonyl (C=O) groups is 1. The van der Waals surface area contributed by atoms with Gasteiger partial charge in [-0.15, -0.1) is 0 Å². The van der Waals surface area contributed by atoms with E-state index in [9.17, 15) is 4.79 Å². The van der Waals surface area contributed by atoms with Gasteiger partial charge in [-0.25, -0.2) is 4.79 Å². The predicted octanol–water partition coefficient (Wildman–Crippen LogP) is 3.41. The molecule has 2 aromatic rings. The first kappa shape index (κ1) is 16.7. The van der Waals surface area contributed by atoms with Crippen molar-refractivity contribution in [3.05, 3.63) is 53.6 Å². The van der Waals surface area contributed by atoms with Crippen molar-refractivity contribution in [3.8, 4) is 17.2 Å². The van der Waals surface area contributed by atoms with Crippen LogP contribution in [0, 0.1) is 0 Å². The highest BCUT2D eigenvalue weighted by Gasteiger charge is 2.05. The van der Waals surface area contributed by atoms with E-state index in [0.29, 0.717) is 18.1 Å². The van der Waals surface area contributed by atoms with Gasteiger partial charge in [0, 0.05) is 0 Å². The Balaban J connectivity index is 1.82. The zero-order valence-electron chi connectivity index (χ0n) is 13.2. The highest BCUT2D eigenvalue weighted by Crippen LogP contribution is 2.28. The summed E-state index contributed by atoms with van der Waals surface area (Å²) < 4.78 is 16.1. The Morgan fingerprint density at radius 1 is 1.00 bits per heavy atom. The molecule has 0 heterocycles. The molecule has 2 aromatic carbocycles. The molecule has 2 rings (SSSR count). The summed E-state index contributed by atoms with van der Waals surface area (Å²) in [6, 6.07) is 12.3. The van der Waals surface area contributed by atoms with E-state index in [1.807, 2.05) is 18.2 Å². The molecule has 0 fully saturated rings. The van der Waals surface area contributed by atoms with Crippen LogP contribution in [0.5, 0.6) is 17.2 Å². The molecule has 1 N–H and O–H groups in total. The Morgan fingerprint density at radius 3 is 2.30 bits per heavy atom. The summed E-state index contributed by atoms with van der Waals surface area (Å²) in [4.78, 5) is 10.8. The van der Waals surface area contributed by atoms with E-state index >= 15 is 0 Å². The molecule has 0 unspecified atom stereocenters. The van der Waals surface area contributed by atoms with Crippen molar-refractivity contribution in [2.75, 3.05) is 20.8 Å². The third kappa shape index (κ3) is 4.64. The normalized spacial score (nSPS) is 10.2. The highest BCUT2D eigenvalue weighted by molar-refractivity contribution is 5.87. The molecule has 0 aromatic heterocycles. The first-order valence-corrected chi connectivity index (χ1v) is 7.31. The minimum Gasteiger partial charge on any atom is -0.494 e. The Bertz CT molecular complexity index is 649. The van der Waals surface area contributed by atoms with Crippen molar-refractivity contribution >= 4 is 5.97 Å². The number of aromatic carboxylic acids is 1. The zero-order chi connectivity index (χ0) is 16.7. The van der Waals surface area contributed by atoms with Crippen molar-refractivity contribution in [3.63, 3.8) is 0 Å². The average molecular weight is 316 g/mol. The van der Waals surface area contributed by atoms with Crippen molar-refractivity contribution < 1.29 is 24.1 Å². The molecule has 23 heavy (non-hydrogen) atoms. The quantitative estimate of drug-likeness (QED) is 0.756. The summed E-state index contributed by atoms with van der Waals surface area (Å²) in [6.45, 7) is 0.556. The van der Waals surface area contributed by atoms with E-state index < -0.39 is 5.97 Å². The van der Waals surface area contributed by atoms with Gasteiger partial charge in [0.15, 0.2) is 11.5 Å². The fourth-order valence-corrected chi connectivity index (χ4v) is 2.20. The molecule has 0 saturated heterocycles. The SMILES string of the molecule is COc1ccc(CCCOc2ccc(C(=O)O)cc2)cc1OC. The first-order chi connectivity index (χ1) is 11.1. The lowest BCUT2D eigenvalue weighted by Crippen LogP contribution is -2.01. The zero-order valence-corrected chi connectivity index (χ0v) is 13.2. The molecule has 0 atom stereocenters. The van der Waals surface area contributed by atoms with Crippen molar-refractivity contribution in [1.29, 1.82) is 0 Å². The Hall–Kier alpha value is -2.69.